The summed E-state index contributed by atoms with van der Waals surface area (Å²) in [7, 11) is 1.57. The predicted molar refractivity (Wildman–Crippen MR) is 115 cm³/mol. The van der Waals surface area contributed by atoms with Crippen LogP contribution in [0.5, 0.6) is 5.75 Å². The molecule has 30 heavy (non-hydrogen) atoms. The van der Waals surface area contributed by atoms with E-state index in [1.54, 1.807) is 43.5 Å². The number of carbonyl (C=O) groups is 1. The molecule has 0 aliphatic rings. The highest BCUT2D eigenvalue weighted by atomic mass is 32.2. The van der Waals surface area contributed by atoms with Crippen LogP contribution >= 0.6 is 11.8 Å². The zero-order chi connectivity index (χ0) is 20.9. The molecule has 150 valence electrons. The van der Waals surface area contributed by atoms with Crippen LogP contribution in [-0.4, -0.2) is 33.4 Å². The summed E-state index contributed by atoms with van der Waals surface area (Å²) in [6, 6.07) is 22.8. The second-order valence-electron chi connectivity index (χ2n) is 6.43. The molecule has 0 aliphatic carbocycles. The molecule has 0 aliphatic heterocycles. The quantitative estimate of drug-likeness (QED) is 0.310. The fourth-order valence-electron chi connectivity index (χ4n) is 2.97. The van der Waals surface area contributed by atoms with Crippen LogP contribution in [0.1, 0.15) is 10.4 Å². The summed E-state index contributed by atoms with van der Waals surface area (Å²) >= 11 is 1.30. The summed E-state index contributed by atoms with van der Waals surface area (Å²) in [5.74, 6) is 1.06. The minimum Gasteiger partial charge on any atom is -0.497 e. The molecule has 0 saturated carbocycles. The summed E-state index contributed by atoms with van der Waals surface area (Å²) in [4.78, 5) is 12.7. The molecule has 1 heterocycles. The Kier molecular flexibility index (Phi) is 5.90. The normalized spacial score (nSPS) is 10.7. The lowest BCUT2D eigenvalue weighted by atomic mass is 10.1. The number of ketones is 1. The van der Waals surface area contributed by atoms with Gasteiger partial charge in [0.2, 0.25) is 0 Å². The zero-order valence-corrected chi connectivity index (χ0v) is 17.0. The lowest BCUT2D eigenvalue weighted by Gasteiger charge is -2.10. The first-order valence-corrected chi connectivity index (χ1v) is 10.2. The lowest BCUT2D eigenvalue weighted by molar-refractivity contribution is 0.102. The van der Waals surface area contributed by atoms with Crippen molar-refractivity contribution in [1.29, 1.82) is 0 Å². The molecule has 7 heteroatoms. The largest absolute Gasteiger partial charge is 0.497 e. The topological polar surface area (TPSA) is 57.0 Å². The number of methoxy groups -OCH3 is 1. The SMILES string of the molecule is COc1cccc(C(=O)CSc2nnc(-c3ccc(F)cc3)n2-c2ccccc2)c1. The highest BCUT2D eigenvalue weighted by Crippen LogP contribution is 2.28. The third-order valence-electron chi connectivity index (χ3n) is 4.47. The molecule has 0 bridgehead atoms. The second-order valence-corrected chi connectivity index (χ2v) is 7.37. The molecule has 0 atom stereocenters. The number of ether oxygens (including phenoxy) is 1. The molecule has 0 spiro atoms. The minimum atomic E-state index is -0.317. The Labute approximate surface area is 177 Å². The van der Waals surface area contributed by atoms with Crippen LogP contribution in [0, 0.1) is 5.82 Å². The fraction of sp³-hybridized carbons (Fsp3) is 0.0870. The first kappa shape index (κ1) is 19.8. The maximum absolute atomic E-state index is 13.4. The molecule has 0 saturated heterocycles. The van der Waals surface area contributed by atoms with E-state index in [4.69, 9.17) is 4.74 Å². The van der Waals surface area contributed by atoms with E-state index in [1.165, 1.54) is 23.9 Å². The number of Topliss-reactive ketones (excluding diaryl/α,β-unsaturated/α-hetero) is 1. The number of halogens is 1. The van der Waals surface area contributed by atoms with Crippen molar-refractivity contribution < 1.29 is 13.9 Å². The van der Waals surface area contributed by atoms with E-state index in [1.807, 2.05) is 34.9 Å². The average molecular weight is 419 g/mol. The highest BCUT2D eigenvalue weighted by Gasteiger charge is 2.18. The van der Waals surface area contributed by atoms with Crippen LogP contribution < -0.4 is 4.74 Å². The van der Waals surface area contributed by atoms with Crippen molar-refractivity contribution in [2.45, 2.75) is 5.16 Å². The van der Waals surface area contributed by atoms with Gasteiger partial charge in [0.05, 0.1) is 12.9 Å². The van der Waals surface area contributed by atoms with Crippen LogP contribution in [0.2, 0.25) is 0 Å². The van der Waals surface area contributed by atoms with Crippen molar-refractivity contribution in [1.82, 2.24) is 14.8 Å². The highest BCUT2D eigenvalue weighted by molar-refractivity contribution is 7.99. The van der Waals surface area contributed by atoms with Crippen LogP contribution in [0.3, 0.4) is 0 Å². The van der Waals surface area contributed by atoms with Gasteiger partial charge in [-0.05, 0) is 48.5 Å². The van der Waals surface area contributed by atoms with Crippen LogP contribution in [-0.2, 0) is 0 Å². The van der Waals surface area contributed by atoms with Crippen molar-refractivity contribution in [3.8, 4) is 22.8 Å². The molecule has 0 radical (unpaired) electrons. The molecule has 0 fully saturated rings. The fourth-order valence-corrected chi connectivity index (χ4v) is 3.82. The molecule has 4 rings (SSSR count). The number of aromatic nitrogens is 3. The number of para-hydroxylation sites is 1. The molecule has 0 unspecified atom stereocenters. The van der Waals surface area contributed by atoms with Gasteiger partial charge in [0.15, 0.2) is 16.8 Å². The molecule has 5 nitrogen and oxygen atoms in total. The van der Waals surface area contributed by atoms with Gasteiger partial charge in [-0.3, -0.25) is 9.36 Å². The Hall–Kier alpha value is -3.45. The van der Waals surface area contributed by atoms with Gasteiger partial charge in [-0.2, -0.15) is 0 Å². The van der Waals surface area contributed by atoms with Gasteiger partial charge < -0.3 is 4.74 Å². The Morgan fingerprint density at radius 2 is 1.77 bits per heavy atom. The van der Waals surface area contributed by atoms with Crippen LogP contribution in [0.25, 0.3) is 17.1 Å². The van der Waals surface area contributed by atoms with Crippen molar-refractivity contribution in [2.24, 2.45) is 0 Å². The van der Waals surface area contributed by atoms with Gasteiger partial charge in [-0.15, -0.1) is 10.2 Å². The molecule has 3 aromatic carbocycles. The Morgan fingerprint density at radius 3 is 2.50 bits per heavy atom. The first-order chi connectivity index (χ1) is 14.7. The molecule has 0 amide bonds. The van der Waals surface area contributed by atoms with E-state index >= 15 is 0 Å². The first-order valence-electron chi connectivity index (χ1n) is 9.22. The van der Waals surface area contributed by atoms with Gasteiger partial charge in [-0.1, -0.05) is 42.1 Å². The van der Waals surface area contributed by atoms with Crippen molar-refractivity contribution >= 4 is 17.5 Å². The molecule has 1 aromatic heterocycles. The summed E-state index contributed by atoms with van der Waals surface area (Å²) in [6.07, 6.45) is 0. The van der Waals surface area contributed by atoms with Crippen LogP contribution in [0.15, 0.2) is 84.0 Å². The number of hydrogen-bond acceptors (Lipinski definition) is 5. The van der Waals surface area contributed by atoms with E-state index < -0.39 is 0 Å². The van der Waals surface area contributed by atoms with Crippen molar-refractivity contribution in [3.05, 3.63) is 90.2 Å². The van der Waals surface area contributed by atoms with Gasteiger partial charge >= 0.3 is 0 Å². The van der Waals surface area contributed by atoms with Crippen molar-refractivity contribution in [3.63, 3.8) is 0 Å². The van der Waals surface area contributed by atoms with E-state index in [0.29, 0.717) is 22.3 Å². The predicted octanol–water partition coefficient (Wildman–Crippen LogP) is 5.06. The molecule has 0 N–H and O–H groups in total. The van der Waals surface area contributed by atoms with Gasteiger partial charge in [0, 0.05) is 16.8 Å². The van der Waals surface area contributed by atoms with E-state index in [9.17, 15) is 9.18 Å². The zero-order valence-electron chi connectivity index (χ0n) is 16.2. The summed E-state index contributed by atoms with van der Waals surface area (Å²) < 4.78 is 20.4. The lowest BCUT2D eigenvalue weighted by Crippen LogP contribution is -2.05. The van der Waals surface area contributed by atoms with Gasteiger partial charge in [-0.25, -0.2) is 4.39 Å². The minimum absolute atomic E-state index is 0.0372. The van der Waals surface area contributed by atoms with Gasteiger partial charge in [0.1, 0.15) is 11.6 Å². The standard InChI is InChI=1S/C23H18FN3O2S/c1-29-20-9-5-6-17(14-20)21(28)15-30-23-26-25-22(16-10-12-18(24)13-11-16)27(23)19-7-3-2-4-8-19/h2-14H,15H2,1H3. The van der Waals surface area contributed by atoms with Crippen molar-refractivity contribution in [2.75, 3.05) is 12.9 Å². The maximum Gasteiger partial charge on any atom is 0.196 e. The van der Waals surface area contributed by atoms with Crippen LogP contribution in [0.4, 0.5) is 4.39 Å². The summed E-state index contributed by atoms with van der Waals surface area (Å²) in [5, 5.41) is 9.19. The Bertz CT molecular complexity index is 1160. The summed E-state index contributed by atoms with van der Waals surface area (Å²) in [5.41, 5.74) is 2.17. The average Bonchev–Trinajstić information content (AvgIpc) is 3.22. The van der Waals surface area contributed by atoms with E-state index in [2.05, 4.69) is 10.2 Å². The molecule has 4 aromatic rings. The number of benzene rings is 3. The van der Waals surface area contributed by atoms with E-state index in [0.717, 1.165) is 11.3 Å². The third-order valence-corrected chi connectivity index (χ3v) is 5.40. The maximum atomic E-state index is 13.4. The number of rotatable bonds is 7. The van der Waals surface area contributed by atoms with E-state index in [-0.39, 0.29) is 17.4 Å². The Morgan fingerprint density at radius 1 is 1.00 bits per heavy atom. The number of carbonyl (C=O) groups excluding carboxylic acids is 1. The second kappa shape index (κ2) is 8.92. The molecular formula is C23H18FN3O2S. The third kappa shape index (κ3) is 4.26. The smallest absolute Gasteiger partial charge is 0.196 e. The van der Waals surface area contributed by atoms with Gasteiger partial charge in [0.25, 0.3) is 0 Å². The Balaban J connectivity index is 1.64. The number of hydrogen-bond donors (Lipinski definition) is 0. The monoisotopic (exact) mass is 419 g/mol. The summed E-state index contributed by atoms with van der Waals surface area (Å²) in [6.45, 7) is 0. The molecular weight excluding hydrogens is 401 g/mol. The number of thioether (sulfide) groups is 1. The number of nitrogens with zero attached hydrogens (tertiary/aromatic N) is 3.